The maximum Gasteiger partial charge on any atom is 0.222 e. The number of nitrogens with zero attached hydrogens (tertiary/aromatic N) is 2. The molecule has 0 aliphatic carbocycles. The Hall–Kier alpha value is -2.29. The van der Waals surface area contributed by atoms with Crippen LogP contribution in [0.1, 0.15) is 18.4 Å². The quantitative estimate of drug-likeness (QED) is 0.511. The van der Waals surface area contributed by atoms with Crippen molar-refractivity contribution in [3.63, 3.8) is 0 Å². The van der Waals surface area contributed by atoms with Gasteiger partial charge in [-0.05, 0) is 24.1 Å². The van der Waals surface area contributed by atoms with Crippen molar-refractivity contribution in [2.24, 2.45) is 4.99 Å². The van der Waals surface area contributed by atoms with E-state index >= 15 is 0 Å². The Morgan fingerprint density at radius 3 is 2.59 bits per heavy atom. The molecular formula is C18H28N4O4S. The van der Waals surface area contributed by atoms with Gasteiger partial charge in [0.15, 0.2) is 15.8 Å². The van der Waals surface area contributed by atoms with E-state index in [1.165, 1.54) is 0 Å². The Morgan fingerprint density at radius 2 is 2.04 bits per heavy atom. The second kappa shape index (κ2) is 9.59. The predicted octanol–water partition coefficient (Wildman–Crippen LogP) is 0.396. The van der Waals surface area contributed by atoms with Crippen LogP contribution in [0.4, 0.5) is 0 Å². The zero-order chi connectivity index (χ0) is 19.9. The lowest BCUT2D eigenvalue weighted by Gasteiger charge is -2.22. The minimum Gasteiger partial charge on any atom is -0.497 e. The van der Waals surface area contributed by atoms with Crippen LogP contribution in [-0.2, 0) is 21.2 Å². The number of rotatable bonds is 7. The van der Waals surface area contributed by atoms with E-state index in [1.807, 2.05) is 36.2 Å². The molecule has 8 nitrogen and oxygen atoms in total. The fraction of sp³-hybridized carbons (Fsp3) is 0.556. The molecule has 2 N–H and O–H groups in total. The zero-order valence-electron chi connectivity index (χ0n) is 16.1. The summed E-state index contributed by atoms with van der Waals surface area (Å²) in [4.78, 5) is 18.2. The standard InChI is InChI=1S/C18H28N4O4S/c1-19-18(22(2)12-14-4-6-16(26-3)7-5-14)20-10-8-17(23)21-15-9-11-27(24,25)13-15/h4-7,15H,8-13H2,1-3H3,(H,19,20)(H,21,23). The number of nitrogens with one attached hydrogen (secondary N) is 2. The van der Waals surface area contributed by atoms with Gasteiger partial charge in [-0.3, -0.25) is 9.79 Å². The van der Waals surface area contributed by atoms with Crippen LogP contribution >= 0.6 is 0 Å². The third kappa shape index (κ3) is 6.74. The van der Waals surface area contributed by atoms with Crippen molar-refractivity contribution in [1.82, 2.24) is 15.5 Å². The third-order valence-corrected chi connectivity index (χ3v) is 6.15. The summed E-state index contributed by atoms with van der Waals surface area (Å²) in [5, 5.41) is 5.94. The maximum absolute atomic E-state index is 12.0. The first-order valence-corrected chi connectivity index (χ1v) is 10.7. The molecule has 0 radical (unpaired) electrons. The van der Waals surface area contributed by atoms with Crippen LogP contribution in [0.2, 0.25) is 0 Å². The molecule has 27 heavy (non-hydrogen) atoms. The van der Waals surface area contributed by atoms with Gasteiger partial charge in [-0.2, -0.15) is 0 Å². The first kappa shape index (κ1) is 21.0. The fourth-order valence-corrected chi connectivity index (χ4v) is 4.63. The number of sulfone groups is 1. The molecule has 1 amide bonds. The molecule has 9 heteroatoms. The van der Waals surface area contributed by atoms with Gasteiger partial charge in [-0.25, -0.2) is 8.42 Å². The molecule has 150 valence electrons. The summed E-state index contributed by atoms with van der Waals surface area (Å²) >= 11 is 0. The van der Waals surface area contributed by atoms with Crippen molar-refractivity contribution in [2.45, 2.75) is 25.4 Å². The highest BCUT2D eigenvalue weighted by Crippen LogP contribution is 2.13. The summed E-state index contributed by atoms with van der Waals surface area (Å²) in [5.41, 5.74) is 1.11. The first-order chi connectivity index (χ1) is 12.8. The molecule has 0 spiro atoms. The summed E-state index contributed by atoms with van der Waals surface area (Å²) in [6.45, 7) is 1.08. The van der Waals surface area contributed by atoms with E-state index in [4.69, 9.17) is 4.74 Å². The molecule has 0 bridgehead atoms. The van der Waals surface area contributed by atoms with Crippen LogP contribution in [0, 0.1) is 0 Å². The highest BCUT2D eigenvalue weighted by atomic mass is 32.2. The van der Waals surface area contributed by atoms with Gasteiger partial charge in [0.2, 0.25) is 5.91 Å². The average molecular weight is 397 g/mol. The normalized spacial score (nSPS) is 18.8. The largest absolute Gasteiger partial charge is 0.497 e. The lowest BCUT2D eigenvalue weighted by molar-refractivity contribution is -0.121. The van der Waals surface area contributed by atoms with Crippen LogP contribution in [0.15, 0.2) is 29.3 Å². The number of methoxy groups -OCH3 is 1. The van der Waals surface area contributed by atoms with Crippen LogP contribution < -0.4 is 15.4 Å². The monoisotopic (exact) mass is 396 g/mol. The molecule has 2 rings (SSSR count). The van der Waals surface area contributed by atoms with Crippen molar-refractivity contribution in [1.29, 1.82) is 0 Å². The Balaban J connectivity index is 1.74. The van der Waals surface area contributed by atoms with Crippen LogP contribution in [-0.4, -0.2) is 70.5 Å². The smallest absolute Gasteiger partial charge is 0.222 e. The van der Waals surface area contributed by atoms with Gasteiger partial charge < -0.3 is 20.3 Å². The molecule has 1 aliphatic heterocycles. The van der Waals surface area contributed by atoms with Gasteiger partial charge in [0, 0.05) is 39.6 Å². The number of hydrogen-bond acceptors (Lipinski definition) is 5. The van der Waals surface area contributed by atoms with E-state index in [0.717, 1.165) is 11.3 Å². The molecule has 1 aliphatic rings. The zero-order valence-corrected chi connectivity index (χ0v) is 16.9. The van der Waals surface area contributed by atoms with Crippen LogP contribution in [0.5, 0.6) is 5.75 Å². The van der Waals surface area contributed by atoms with Gasteiger partial charge in [-0.1, -0.05) is 12.1 Å². The molecule has 0 saturated carbocycles. The predicted molar refractivity (Wildman–Crippen MR) is 106 cm³/mol. The number of guanidine groups is 1. The van der Waals surface area contributed by atoms with E-state index in [1.54, 1.807) is 14.2 Å². The van der Waals surface area contributed by atoms with Crippen LogP contribution in [0.25, 0.3) is 0 Å². The molecule has 1 heterocycles. The average Bonchev–Trinajstić information content (AvgIpc) is 2.97. The summed E-state index contributed by atoms with van der Waals surface area (Å²) in [7, 11) is 2.26. The molecule has 1 aromatic rings. The molecule has 1 atom stereocenters. The number of benzene rings is 1. The minimum absolute atomic E-state index is 0.0401. The summed E-state index contributed by atoms with van der Waals surface area (Å²) in [5.74, 6) is 1.53. The van der Waals surface area contributed by atoms with Gasteiger partial charge in [0.05, 0.1) is 18.6 Å². The van der Waals surface area contributed by atoms with E-state index in [2.05, 4.69) is 15.6 Å². The van der Waals surface area contributed by atoms with Crippen molar-refractivity contribution < 1.29 is 17.9 Å². The summed E-state index contributed by atoms with van der Waals surface area (Å²) in [6, 6.07) is 7.54. The lowest BCUT2D eigenvalue weighted by atomic mass is 10.2. The molecule has 1 saturated heterocycles. The minimum atomic E-state index is -2.99. The Bertz CT molecular complexity index is 762. The number of carbonyl (C=O) groups is 1. The lowest BCUT2D eigenvalue weighted by Crippen LogP contribution is -2.41. The van der Waals surface area contributed by atoms with E-state index in [0.29, 0.717) is 25.5 Å². The maximum atomic E-state index is 12.0. The van der Waals surface area contributed by atoms with E-state index < -0.39 is 9.84 Å². The second-order valence-corrected chi connectivity index (χ2v) is 8.82. The number of ether oxygens (including phenoxy) is 1. The molecule has 0 aromatic heterocycles. The first-order valence-electron chi connectivity index (χ1n) is 8.87. The Kier molecular flexibility index (Phi) is 7.46. The number of amides is 1. The van der Waals surface area contributed by atoms with Crippen molar-refractivity contribution >= 4 is 21.7 Å². The highest BCUT2D eigenvalue weighted by molar-refractivity contribution is 7.91. The Labute approximate surface area is 160 Å². The summed E-state index contributed by atoms with van der Waals surface area (Å²) in [6.07, 6.45) is 0.750. The molecular weight excluding hydrogens is 368 g/mol. The number of hydrogen-bond donors (Lipinski definition) is 2. The molecule has 1 fully saturated rings. The van der Waals surface area contributed by atoms with E-state index in [9.17, 15) is 13.2 Å². The summed E-state index contributed by atoms with van der Waals surface area (Å²) < 4.78 is 28.0. The third-order valence-electron chi connectivity index (χ3n) is 4.38. The van der Waals surface area contributed by atoms with E-state index in [-0.39, 0.29) is 29.9 Å². The highest BCUT2D eigenvalue weighted by Gasteiger charge is 2.28. The van der Waals surface area contributed by atoms with Crippen molar-refractivity contribution in [3.8, 4) is 5.75 Å². The second-order valence-electron chi connectivity index (χ2n) is 6.60. The van der Waals surface area contributed by atoms with Crippen LogP contribution in [0.3, 0.4) is 0 Å². The van der Waals surface area contributed by atoms with Gasteiger partial charge in [0.1, 0.15) is 5.75 Å². The number of aliphatic imine (C=N–C) groups is 1. The Morgan fingerprint density at radius 1 is 1.33 bits per heavy atom. The van der Waals surface area contributed by atoms with Gasteiger partial charge in [-0.15, -0.1) is 0 Å². The topological polar surface area (TPSA) is 100 Å². The number of carbonyl (C=O) groups excluding carboxylic acids is 1. The van der Waals surface area contributed by atoms with Gasteiger partial charge >= 0.3 is 0 Å². The van der Waals surface area contributed by atoms with Crippen molar-refractivity contribution in [3.05, 3.63) is 29.8 Å². The molecule has 1 aromatic carbocycles. The van der Waals surface area contributed by atoms with Gasteiger partial charge in [0.25, 0.3) is 0 Å². The SMILES string of the molecule is CN=C(NCCC(=O)NC1CCS(=O)(=O)C1)N(C)Cc1ccc(OC)cc1. The molecule has 1 unspecified atom stereocenters. The fourth-order valence-electron chi connectivity index (χ4n) is 2.96. The van der Waals surface area contributed by atoms with Crippen molar-refractivity contribution in [2.75, 3.05) is 39.3 Å².